The van der Waals surface area contributed by atoms with Crippen molar-refractivity contribution in [3.8, 4) is 0 Å². The van der Waals surface area contributed by atoms with Crippen LogP contribution >= 0.6 is 0 Å². The van der Waals surface area contributed by atoms with Crippen molar-refractivity contribution in [1.82, 2.24) is 15.0 Å². The summed E-state index contributed by atoms with van der Waals surface area (Å²) in [6.07, 6.45) is 3.35. The molecule has 2 heterocycles. The minimum Gasteiger partial charge on any atom is -0.467 e. The Bertz CT molecular complexity index is 1380. The van der Waals surface area contributed by atoms with Gasteiger partial charge < -0.3 is 9.15 Å². The van der Waals surface area contributed by atoms with E-state index in [0.29, 0.717) is 34.6 Å². The van der Waals surface area contributed by atoms with Crippen LogP contribution in [0.25, 0.3) is 0 Å². The van der Waals surface area contributed by atoms with Crippen molar-refractivity contribution in [2.45, 2.75) is 33.1 Å². The topological polar surface area (TPSA) is 87.2 Å². The van der Waals surface area contributed by atoms with Crippen LogP contribution in [-0.4, -0.2) is 26.6 Å². The molecule has 0 spiro atoms. The van der Waals surface area contributed by atoms with E-state index in [2.05, 4.69) is 10.3 Å². The minimum atomic E-state index is -0.600. The predicted molar refractivity (Wildman–Crippen MR) is 124 cm³/mol. The van der Waals surface area contributed by atoms with Crippen LogP contribution in [0.15, 0.2) is 88.7 Å². The van der Waals surface area contributed by atoms with Gasteiger partial charge in [0, 0.05) is 22.3 Å². The zero-order valence-corrected chi connectivity index (χ0v) is 18.9. The molecule has 0 radical (unpaired) electrons. The van der Waals surface area contributed by atoms with Crippen LogP contribution < -0.4 is 0 Å². The van der Waals surface area contributed by atoms with Gasteiger partial charge in [-0.2, -0.15) is 0 Å². The fourth-order valence-electron chi connectivity index (χ4n) is 4.21. The second-order valence-electron chi connectivity index (χ2n) is 8.32. The Morgan fingerprint density at radius 1 is 0.912 bits per heavy atom. The van der Waals surface area contributed by atoms with Crippen molar-refractivity contribution < 1.29 is 18.7 Å². The Labute approximate surface area is 196 Å². The molecule has 7 heteroatoms. The molecule has 0 saturated carbocycles. The lowest BCUT2D eigenvalue weighted by atomic mass is 9.80. The number of hydrogen-bond donors (Lipinski definition) is 0. The van der Waals surface area contributed by atoms with E-state index >= 15 is 0 Å². The first-order valence-electron chi connectivity index (χ1n) is 11.0. The normalized spacial score (nSPS) is 14.4. The highest BCUT2D eigenvalue weighted by atomic mass is 16.5. The largest absolute Gasteiger partial charge is 0.467 e. The molecule has 5 rings (SSSR count). The first-order chi connectivity index (χ1) is 16.5. The van der Waals surface area contributed by atoms with Gasteiger partial charge in [-0.1, -0.05) is 59.3 Å². The second-order valence-corrected chi connectivity index (χ2v) is 8.32. The van der Waals surface area contributed by atoms with Crippen molar-refractivity contribution in [1.29, 1.82) is 0 Å². The molecule has 0 bridgehead atoms. The maximum atomic E-state index is 13.6. The van der Waals surface area contributed by atoms with Gasteiger partial charge in [0.05, 0.1) is 19.1 Å². The Balaban J connectivity index is 1.52. The number of carbonyl (C=O) groups is 2. The lowest BCUT2D eigenvalue weighted by molar-refractivity contribution is 0.0905. The van der Waals surface area contributed by atoms with Crippen molar-refractivity contribution in [3.63, 3.8) is 0 Å². The highest BCUT2D eigenvalue weighted by molar-refractivity contribution is 6.27. The van der Waals surface area contributed by atoms with E-state index in [4.69, 9.17) is 9.15 Å². The van der Waals surface area contributed by atoms with E-state index in [-0.39, 0.29) is 18.2 Å². The molecule has 0 fully saturated rings. The monoisotopic (exact) mass is 453 g/mol. The number of fused-ring (bicyclic) bond motifs is 1. The van der Waals surface area contributed by atoms with Gasteiger partial charge in [-0.25, -0.2) is 4.68 Å². The average molecular weight is 453 g/mol. The summed E-state index contributed by atoms with van der Waals surface area (Å²) in [6, 6.07) is 17.8. The molecular weight excluding hydrogens is 430 g/mol. The maximum absolute atomic E-state index is 13.6. The van der Waals surface area contributed by atoms with E-state index in [1.54, 1.807) is 54.4 Å². The van der Waals surface area contributed by atoms with Gasteiger partial charge in [0.15, 0.2) is 11.6 Å². The van der Waals surface area contributed by atoms with E-state index in [1.807, 2.05) is 37.3 Å². The Morgan fingerprint density at radius 2 is 1.65 bits per heavy atom. The predicted octanol–water partition coefficient (Wildman–Crippen LogP) is 4.88. The Morgan fingerprint density at radius 3 is 2.35 bits per heavy atom. The standard InChI is InChI=1S/C27H23N3O4/c1-17-9-11-19(12-10-17)25(24-18(2)26(31)22-7-3-4-8-23(22)27(24)32)30-14-20(28-29-30)15-33-16-21-6-5-13-34-21/h3-14,25H,15-16H2,1-2H3. The van der Waals surface area contributed by atoms with Crippen molar-refractivity contribution >= 4 is 11.6 Å². The van der Waals surface area contributed by atoms with Gasteiger partial charge >= 0.3 is 0 Å². The fraction of sp³-hybridized carbons (Fsp3) is 0.185. The van der Waals surface area contributed by atoms with Gasteiger partial charge in [-0.3, -0.25) is 9.59 Å². The number of aryl methyl sites for hydroxylation is 1. The molecule has 2 aromatic heterocycles. The number of hydrogen-bond acceptors (Lipinski definition) is 6. The summed E-state index contributed by atoms with van der Waals surface area (Å²) in [5, 5.41) is 8.57. The number of aromatic nitrogens is 3. The summed E-state index contributed by atoms with van der Waals surface area (Å²) in [5.74, 6) is 0.393. The van der Waals surface area contributed by atoms with Crippen molar-refractivity contribution in [2.24, 2.45) is 0 Å². The summed E-state index contributed by atoms with van der Waals surface area (Å²) >= 11 is 0. The number of allylic oxidation sites excluding steroid dienone is 2. The third-order valence-corrected chi connectivity index (χ3v) is 5.97. The number of carbonyl (C=O) groups excluding carboxylic acids is 2. The van der Waals surface area contributed by atoms with Gasteiger partial charge in [0.1, 0.15) is 24.1 Å². The van der Waals surface area contributed by atoms with Crippen LogP contribution in [0.2, 0.25) is 0 Å². The first kappa shape index (κ1) is 21.7. The first-order valence-corrected chi connectivity index (χ1v) is 11.0. The van der Waals surface area contributed by atoms with Gasteiger partial charge in [0.25, 0.3) is 0 Å². The number of nitrogens with zero attached hydrogens (tertiary/aromatic N) is 3. The number of ketones is 2. The maximum Gasteiger partial charge on any atom is 0.192 e. The fourth-order valence-corrected chi connectivity index (χ4v) is 4.21. The quantitative estimate of drug-likeness (QED) is 0.396. The van der Waals surface area contributed by atoms with Gasteiger partial charge in [-0.05, 0) is 31.5 Å². The van der Waals surface area contributed by atoms with Crippen LogP contribution in [0, 0.1) is 6.92 Å². The Hall–Kier alpha value is -4.10. The van der Waals surface area contributed by atoms with Crippen molar-refractivity contribution in [3.05, 3.63) is 118 Å². The molecule has 7 nitrogen and oxygen atoms in total. The number of rotatable bonds is 7. The van der Waals surface area contributed by atoms with E-state index in [0.717, 1.165) is 16.9 Å². The van der Waals surface area contributed by atoms with Crippen LogP contribution in [0.1, 0.15) is 56.3 Å². The summed E-state index contributed by atoms with van der Waals surface area (Å²) in [4.78, 5) is 26.8. The van der Waals surface area contributed by atoms with E-state index < -0.39 is 6.04 Å². The number of furan rings is 1. The molecule has 34 heavy (non-hydrogen) atoms. The zero-order valence-electron chi connectivity index (χ0n) is 18.9. The number of Topliss-reactive ketones (excluding diaryl/α,β-unsaturated/α-hetero) is 2. The summed E-state index contributed by atoms with van der Waals surface area (Å²) in [7, 11) is 0. The Kier molecular flexibility index (Phi) is 5.77. The van der Waals surface area contributed by atoms with Crippen molar-refractivity contribution in [2.75, 3.05) is 0 Å². The summed E-state index contributed by atoms with van der Waals surface area (Å²) in [6.45, 7) is 4.25. The molecule has 0 saturated heterocycles. The molecule has 1 aliphatic carbocycles. The minimum absolute atomic E-state index is 0.149. The average Bonchev–Trinajstić information content (AvgIpc) is 3.54. The highest BCUT2D eigenvalue weighted by Gasteiger charge is 2.36. The molecule has 0 aliphatic heterocycles. The molecule has 0 amide bonds. The second kappa shape index (κ2) is 9.03. The van der Waals surface area contributed by atoms with Crippen LogP contribution in [-0.2, 0) is 18.0 Å². The van der Waals surface area contributed by atoms with Gasteiger partial charge in [0.2, 0.25) is 0 Å². The third-order valence-electron chi connectivity index (χ3n) is 5.97. The van der Waals surface area contributed by atoms with E-state index in [1.165, 1.54) is 0 Å². The molecular formula is C27H23N3O4. The summed E-state index contributed by atoms with van der Waals surface area (Å²) < 4.78 is 12.6. The zero-order chi connectivity index (χ0) is 23.7. The lowest BCUT2D eigenvalue weighted by Crippen LogP contribution is -2.28. The molecule has 0 N–H and O–H groups in total. The molecule has 1 aliphatic rings. The molecule has 1 unspecified atom stereocenters. The SMILES string of the molecule is CC1=C(C(c2ccc(C)cc2)n2cc(COCc3ccco3)nn2)C(=O)c2ccccc2C1=O. The third kappa shape index (κ3) is 4.02. The molecule has 1 atom stereocenters. The van der Waals surface area contributed by atoms with Crippen LogP contribution in [0.4, 0.5) is 0 Å². The molecule has 2 aromatic carbocycles. The molecule has 170 valence electrons. The van der Waals surface area contributed by atoms with Crippen LogP contribution in [0.5, 0.6) is 0 Å². The summed E-state index contributed by atoms with van der Waals surface area (Å²) in [5.41, 5.74) is 4.20. The smallest absolute Gasteiger partial charge is 0.192 e. The highest BCUT2D eigenvalue weighted by Crippen LogP contribution is 2.36. The van der Waals surface area contributed by atoms with E-state index in [9.17, 15) is 9.59 Å². The number of benzene rings is 2. The van der Waals surface area contributed by atoms with Crippen LogP contribution in [0.3, 0.4) is 0 Å². The molecule has 4 aromatic rings. The lowest BCUT2D eigenvalue weighted by Gasteiger charge is -2.26. The van der Waals surface area contributed by atoms with Gasteiger partial charge in [-0.15, -0.1) is 5.10 Å². The number of ether oxygens (including phenoxy) is 1.